The Labute approximate surface area is 58.7 Å². The summed E-state index contributed by atoms with van der Waals surface area (Å²) in [5.41, 5.74) is 6.12. The predicted octanol–water partition coefficient (Wildman–Crippen LogP) is -0.531. The quantitative estimate of drug-likeness (QED) is 0.577. The van der Waals surface area contributed by atoms with Gasteiger partial charge in [0, 0.05) is 6.20 Å². The molecule has 0 aliphatic rings. The molecule has 0 unspecified atom stereocenters. The molecule has 0 saturated carbocycles. The van der Waals surface area contributed by atoms with Crippen LogP contribution in [0.5, 0.6) is 0 Å². The normalized spacial score (nSPS) is 13.0. The molecule has 0 bridgehead atoms. The summed E-state index contributed by atoms with van der Waals surface area (Å²) in [4.78, 5) is 7.57. The molecule has 0 aliphatic carbocycles. The Morgan fingerprint density at radius 2 is 2.50 bits per heavy atom. The standard InChI is InChI=1S/C6H9N3O/c7-5(3-10)6-1-2-8-4-9-6/h1-2,4-5,10H,3,7H2/t5-/m0/s1. The second-order valence-electron chi connectivity index (χ2n) is 1.92. The van der Waals surface area contributed by atoms with Gasteiger partial charge in [-0.05, 0) is 6.07 Å². The van der Waals surface area contributed by atoms with Crippen LogP contribution < -0.4 is 5.73 Å². The van der Waals surface area contributed by atoms with Gasteiger partial charge in [0.1, 0.15) is 6.33 Å². The third kappa shape index (κ3) is 1.49. The van der Waals surface area contributed by atoms with E-state index in [0.29, 0.717) is 5.69 Å². The largest absolute Gasteiger partial charge is 0.394 e. The molecule has 0 radical (unpaired) electrons. The van der Waals surface area contributed by atoms with E-state index in [4.69, 9.17) is 10.8 Å². The van der Waals surface area contributed by atoms with Gasteiger partial charge in [-0.25, -0.2) is 9.97 Å². The third-order valence-electron chi connectivity index (χ3n) is 1.18. The van der Waals surface area contributed by atoms with Gasteiger partial charge >= 0.3 is 0 Å². The summed E-state index contributed by atoms with van der Waals surface area (Å²) in [5.74, 6) is 0. The Morgan fingerprint density at radius 3 is 3.00 bits per heavy atom. The molecule has 0 fully saturated rings. The minimum atomic E-state index is -0.386. The van der Waals surface area contributed by atoms with Crippen LogP contribution in [0.15, 0.2) is 18.6 Å². The summed E-state index contributed by atoms with van der Waals surface area (Å²) in [7, 11) is 0. The van der Waals surface area contributed by atoms with Crippen LogP contribution in [0.2, 0.25) is 0 Å². The Morgan fingerprint density at radius 1 is 1.70 bits per heavy atom. The zero-order chi connectivity index (χ0) is 7.40. The highest BCUT2D eigenvalue weighted by Gasteiger charge is 2.02. The van der Waals surface area contributed by atoms with Crippen LogP contribution in [0, 0.1) is 0 Å². The number of aliphatic hydroxyl groups is 1. The van der Waals surface area contributed by atoms with Gasteiger partial charge in [0.15, 0.2) is 0 Å². The molecule has 0 spiro atoms. The van der Waals surface area contributed by atoms with Gasteiger partial charge in [0.05, 0.1) is 18.3 Å². The third-order valence-corrected chi connectivity index (χ3v) is 1.18. The molecule has 1 heterocycles. The molecule has 0 aliphatic heterocycles. The van der Waals surface area contributed by atoms with Crippen molar-refractivity contribution in [2.45, 2.75) is 6.04 Å². The van der Waals surface area contributed by atoms with Crippen molar-refractivity contribution >= 4 is 0 Å². The highest BCUT2D eigenvalue weighted by molar-refractivity contribution is 5.03. The van der Waals surface area contributed by atoms with Gasteiger partial charge in [0.25, 0.3) is 0 Å². The zero-order valence-corrected chi connectivity index (χ0v) is 5.44. The number of aromatic nitrogens is 2. The first kappa shape index (κ1) is 7.11. The molecule has 54 valence electrons. The smallest absolute Gasteiger partial charge is 0.115 e. The number of aliphatic hydroxyl groups excluding tert-OH is 1. The van der Waals surface area contributed by atoms with E-state index in [1.54, 1.807) is 12.3 Å². The molecule has 1 rings (SSSR count). The Kier molecular flexibility index (Phi) is 2.30. The fraction of sp³-hybridized carbons (Fsp3) is 0.333. The molecular weight excluding hydrogens is 130 g/mol. The number of nitrogens with two attached hydrogens (primary N) is 1. The minimum absolute atomic E-state index is 0.0863. The molecule has 0 amide bonds. The number of hydrogen-bond acceptors (Lipinski definition) is 4. The van der Waals surface area contributed by atoms with Crippen molar-refractivity contribution in [3.05, 3.63) is 24.3 Å². The molecule has 4 nitrogen and oxygen atoms in total. The first-order valence-corrected chi connectivity index (χ1v) is 2.97. The van der Waals surface area contributed by atoms with E-state index in [9.17, 15) is 0 Å². The van der Waals surface area contributed by atoms with Crippen LogP contribution in [-0.4, -0.2) is 21.7 Å². The average Bonchev–Trinajstić information content (AvgIpc) is 2.05. The van der Waals surface area contributed by atoms with E-state index in [1.807, 2.05) is 0 Å². The van der Waals surface area contributed by atoms with E-state index in [2.05, 4.69) is 9.97 Å². The van der Waals surface area contributed by atoms with Crippen LogP contribution in [0.4, 0.5) is 0 Å². The van der Waals surface area contributed by atoms with Gasteiger partial charge in [-0.3, -0.25) is 0 Å². The van der Waals surface area contributed by atoms with Crippen molar-refractivity contribution < 1.29 is 5.11 Å². The molecule has 1 aromatic rings. The monoisotopic (exact) mass is 139 g/mol. The predicted molar refractivity (Wildman–Crippen MR) is 36.0 cm³/mol. The summed E-state index contributed by atoms with van der Waals surface area (Å²) in [5, 5.41) is 8.60. The first-order valence-electron chi connectivity index (χ1n) is 2.97. The maximum absolute atomic E-state index is 8.60. The lowest BCUT2D eigenvalue weighted by Gasteiger charge is -2.04. The second kappa shape index (κ2) is 3.24. The van der Waals surface area contributed by atoms with Crippen molar-refractivity contribution in [2.24, 2.45) is 5.73 Å². The second-order valence-corrected chi connectivity index (χ2v) is 1.92. The van der Waals surface area contributed by atoms with Gasteiger partial charge in [-0.15, -0.1) is 0 Å². The summed E-state index contributed by atoms with van der Waals surface area (Å²) >= 11 is 0. The van der Waals surface area contributed by atoms with Crippen LogP contribution in [0.3, 0.4) is 0 Å². The van der Waals surface area contributed by atoms with Crippen molar-refractivity contribution in [1.29, 1.82) is 0 Å². The Hall–Kier alpha value is -1.00. The van der Waals surface area contributed by atoms with Crippen LogP contribution >= 0.6 is 0 Å². The van der Waals surface area contributed by atoms with E-state index >= 15 is 0 Å². The highest BCUT2D eigenvalue weighted by Crippen LogP contribution is 2.01. The summed E-state index contributed by atoms with van der Waals surface area (Å²) in [6, 6.07) is 1.30. The van der Waals surface area contributed by atoms with Gasteiger partial charge in [0.2, 0.25) is 0 Å². The summed E-state index contributed by atoms with van der Waals surface area (Å²) < 4.78 is 0. The van der Waals surface area contributed by atoms with Crippen LogP contribution in [0.1, 0.15) is 11.7 Å². The topological polar surface area (TPSA) is 72.0 Å². The lowest BCUT2D eigenvalue weighted by Crippen LogP contribution is -2.15. The maximum atomic E-state index is 8.60. The molecule has 0 saturated heterocycles. The van der Waals surface area contributed by atoms with Crippen molar-refractivity contribution in [3.8, 4) is 0 Å². The van der Waals surface area contributed by atoms with Crippen molar-refractivity contribution in [3.63, 3.8) is 0 Å². The highest BCUT2D eigenvalue weighted by atomic mass is 16.3. The number of nitrogens with zero attached hydrogens (tertiary/aromatic N) is 2. The van der Waals surface area contributed by atoms with E-state index in [1.165, 1.54) is 6.33 Å². The fourth-order valence-electron chi connectivity index (χ4n) is 0.614. The van der Waals surface area contributed by atoms with Crippen molar-refractivity contribution in [1.82, 2.24) is 9.97 Å². The molecule has 3 N–H and O–H groups in total. The molecule has 4 heteroatoms. The lowest BCUT2D eigenvalue weighted by molar-refractivity contribution is 0.266. The molecule has 10 heavy (non-hydrogen) atoms. The van der Waals surface area contributed by atoms with Gasteiger partial charge in [-0.2, -0.15) is 0 Å². The lowest BCUT2D eigenvalue weighted by atomic mass is 10.2. The van der Waals surface area contributed by atoms with E-state index < -0.39 is 0 Å². The summed E-state index contributed by atoms with van der Waals surface area (Å²) in [6.45, 7) is -0.0863. The maximum Gasteiger partial charge on any atom is 0.115 e. The Bertz CT molecular complexity index is 189. The fourth-order valence-corrected chi connectivity index (χ4v) is 0.614. The number of rotatable bonds is 2. The minimum Gasteiger partial charge on any atom is -0.394 e. The Balaban J connectivity index is 2.75. The molecular formula is C6H9N3O. The van der Waals surface area contributed by atoms with Gasteiger partial charge in [-0.1, -0.05) is 0 Å². The van der Waals surface area contributed by atoms with E-state index in [0.717, 1.165) is 0 Å². The van der Waals surface area contributed by atoms with Crippen molar-refractivity contribution in [2.75, 3.05) is 6.61 Å². The molecule has 0 aromatic carbocycles. The van der Waals surface area contributed by atoms with Gasteiger partial charge < -0.3 is 10.8 Å². The molecule has 1 aromatic heterocycles. The zero-order valence-electron chi connectivity index (χ0n) is 5.44. The van der Waals surface area contributed by atoms with Crippen LogP contribution in [0.25, 0.3) is 0 Å². The summed E-state index contributed by atoms with van der Waals surface area (Å²) in [6.07, 6.45) is 3.00. The van der Waals surface area contributed by atoms with Crippen LogP contribution in [-0.2, 0) is 0 Å². The SMILES string of the molecule is N[C@@H](CO)c1ccncn1. The number of hydrogen-bond donors (Lipinski definition) is 2. The molecule has 1 atom stereocenters. The first-order chi connectivity index (χ1) is 4.84. The van der Waals surface area contributed by atoms with E-state index in [-0.39, 0.29) is 12.6 Å². The average molecular weight is 139 g/mol.